The van der Waals surface area contributed by atoms with Crippen molar-refractivity contribution in [2.24, 2.45) is 0 Å². The third-order valence-corrected chi connectivity index (χ3v) is 6.69. The highest BCUT2D eigenvalue weighted by atomic mass is 32.2. The van der Waals surface area contributed by atoms with Crippen LogP contribution in [0.2, 0.25) is 0 Å². The molecule has 5 nitrogen and oxygen atoms in total. The summed E-state index contributed by atoms with van der Waals surface area (Å²) in [5.74, 6) is 0.635. The van der Waals surface area contributed by atoms with E-state index in [2.05, 4.69) is 4.98 Å². The van der Waals surface area contributed by atoms with Gasteiger partial charge in [0, 0.05) is 12.7 Å². The molecule has 0 saturated heterocycles. The van der Waals surface area contributed by atoms with Gasteiger partial charge in [-0.1, -0.05) is 6.07 Å². The second-order valence-corrected chi connectivity index (χ2v) is 8.54. The topological polar surface area (TPSA) is 59.5 Å². The minimum absolute atomic E-state index is 0.213. The summed E-state index contributed by atoms with van der Waals surface area (Å²) in [6, 6.07) is 12.4. The molecule has 0 fully saturated rings. The van der Waals surface area contributed by atoms with Crippen LogP contribution in [0.25, 0.3) is 0 Å². The van der Waals surface area contributed by atoms with Gasteiger partial charge in [0.2, 0.25) is 10.0 Å². The monoisotopic (exact) mass is 388 g/mol. The zero-order chi connectivity index (χ0) is 18.6. The van der Waals surface area contributed by atoms with Crippen LogP contribution in [-0.4, -0.2) is 24.8 Å². The minimum atomic E-state index is -3.69. The van der Waals surface area contributed by atoms with Gasteiger partial charge in [0.05, 0.1) is 24.2 Å². The predicted octanol–water partition coefficient (Wildman–Crippen LogP) is 3.85. The van der Waals surface area contributed by atoms with E-state index in [1.54, 1.807) is 49.8 Å². The second-order valence-electron chi connectivity index (χ2n) is 5.86. The molecule has 136 valence electrons. The van der Waals surface area contributed by atoms with Crippen molar-refractivity contribution >= 4 is 21.4 Å². The molecule has 0 bridgehead atoms. The summed E-state index contributed by atoms with van der Waals surface area (Å²) >= 11 is 1.55. The Morgan fingerprint density at radius 3 is 2.62 bits per heavy atom. The molecule has 0 radical (unpaired) electrons. The molecule has 3 aromatic rings. The number of aryl methyl sites for hydroxylation is 1. The first-order valence-corrected chi connectivity index (χ1v) is 10.4. The normalized spacial score (nSPS) is 11.7. The van der Waals surface area contributed by atoms with Crippen LogP contribution in [-0.2, 0) is 23.1 Å². The van der Waals surface area contributed by atoms with Gasteiger partial charge in [-0.15, -0.1) is 0 Å². The van der Waals surface area contributed by atoms with Crippen molar-refractivity contribution in [3.8, 4) is 5.75 Å². The average Bonchev–Trinajstić information content (AvgIpc) is 3.15. The van der Waals surface area contributed by atoms with Gasteiger partial charge in [-0.3, -0.25) is 4.98 Å². The average molecular weight is 389 g/mol. The lowest BCUT2D eigenvalue weighted by atomic mass is 10.2. The van der Waals surface area contributed by atoms with Gasteiger partial charge in [0.15, 0.2) is 0 Å². The van der Waals surface area contributed by atoms with Crippen LogP contribution in [0.15, 0.2) is 64.3 Å². The molecule has 0 amide bonds. The first-order chi connectivity index (χ1) is 12.5. The van der Waals surface area contributed by atoms with Crippen LogP contribution >= 0.6 is 11.3 Å². The fraction of sp³-hybridized carbons (Fsp3) is 0.211. The van der Waals surface area contributed by atoms with Gasteiger partial charge in [0.25, 0.3) is 0 Å². The number of thiophene rings is 1. The van der Waals surface area contributed by atoms with Gasteiger partial charge in [-0.2, -0.15) is 15.6 Å². The first kappa shape index (κ1) is 18.6. The fourth-order valence-electron chi connectivity index (χ4n) is 2.66. The maximum absolute atomic E-state index is 13.3. The quantitative estimate of drug-likeness (QED) is 0.617. The molecule has 2 aromatic heterocycles. The third-order valence-electron chi connectivity index (χ3n) is 4.00. The highest BCUT2D eigenvalue weighted by molar-refractivity contribution is 7.89. The number of benzene rings is 1. The summed E-state index contributed by atoms with van der Waals surface area (Å²) < 4.78 is 33.3. The molecule has 0 N–H and O–H groups in total. The highest BCUT2D eigenvalue weighted by Crippen LogP contribution is 2.26. The van der Waals surface area contributed by atoms with E-state index in [4.69, 9.17) is 4.74 Å². The van der Waals surface area contributed by atoms with E-state index in [1.807, 2.05) is 35.0 Å². The van der Waals surface area contributed by atoms with Crippen molar-refractivity contribution in [1.29, 1.82) is 0 Å². The third kappa shape index (κ3) is 4.12. The molecular weight excluding hydrogens is 368 g/mol. The van der Waals surface area contributed by atoms with Gasteiger partial charge in [0.1, 0.15) is 5.75 Å². The largest absolute Gasteiger partial charge is 0.497 e. The number of nitrogens with zero attached hydrogens (tertiary/aromatic N) is 2. The Bertz CT molecular complexity index is 956. The van der Waals surface area contributed by atoms with E-state index in [1.165, 1.54) is 4.31 Å². The lowest BCUT2D eigenvalue weighted by Crippen LogP contribution is -2.31. The predicted molar refractivity (Wildman–Crippen MR) is 103 cm³/mol. The number of hydrogen-bond acceptors (Lipinski definition) is 5. The molecule has 0 saturated carbocycles. The Morgan fingerprint density at radius 1 is 1.15 bits per heavy atom. The highest BCUT2D eigenvalue weighted by Gasteiger charge is 2.27. The summed E-state index contributed by atoms with van der Waals surface area (Å²) in [6.07, 6.45) is 1.67. The Kier molecular flexibility index (Phi) is 5.70. The smallest absolute Gasteiger partial charge is 0.244 e. The van der Waals surface area contributed by atoms with Crippen LogP contribution in [0.1, 0.15) is 16.8 Å². The molecule has 2 heterocycles. The maximum Gasteiger partial charge on any atom is 0.244 e. The van der Waals surface area contributed by atoms with Crippen LogP contribution in [0, 0.1) is 6.92 Å². The van der Waals surface area contributed by atoms with E-state index < -0.39 is 10.0 Å². The minimum Gasteiger partial charge on any atom is -0.497 e. The number of rotatable bonds is 7. The van der Waals surface area contributed by atoms with E-state index in [-0.39, 0.29) is 11.4 Å². The zero-order valence-corrected chi connectivity index (χ0v) is 16.3. The fourth-order valence-corrected chi connectivity index (χ4v) is 4.93. The zero-order valence-electron chi connectivity index (χ0n) is 14.6. The van der Waals surface area contributed by atoms with Crippen molar-refractivity contribution in [3.05, 3.63) is 76.2 Å². The molecule has 7 heteroatoms. The first-order valence-electron chi connectivity index (χ1n) is 8.06. The molecule has 1 aromatic carbocycles. The number of ether oxygens (including phenoxy) is 1. The van der Waals surface area contributed by atoms with Gasteiger partial charge in [-0.05, 0) is 65.2 Å². The molecule has 3 rings (SSSR count). The van der Waals surface area contributed by atoms with Crippen LogP contribution in [0.5, 0.6) is 5.75 Å². The molecule has 0 aliphatic heterocycles. The Labute approximate surface area is 157 Å². The SMILES string of the molecule is COc1ccc(S(=O)(=O)N(Cc2ccsc2)Cc2ccccn2)c(C)c1. The molecular formula is C19H20N2O3S2. The van der Waals surface area contributed by atoms with Gasteiger partial charge in [-0.25, -0.2) is 8.42 Å². The van der Waals surface area contributed by atoms with Crippen molar-refractivity contribution < 1.29 is 13.2 Å². The van der Waals surface area contributed by atoms with Crippen molar-refractivity contribution in [1.82, 2.24) is 9.29 Å². The van der Waals surface area contributed by atoms with Crippen molar-refractivity contribution in [2.75, 3.05) is 7.11 Å². The number of hydrogen-bond donors (Lipinski definition) is 0. The molecule has 0 spiro atoms. The Balaban J connectivity index is 1.98. The lowest BCUT2D eigenvalue weighted by Gasteiger charge is -2.23. The van der Waals surface area contributed by atoms with E-state index >= 15 is 0 Å². The van der Waals surface area contributed by atoms with E-state index in [0.717, 1.165) is 5.56 Å². The molecule has 0 atom stereocenters. The molecule has 0 unspecified atom stereocenters. The number of aromatic nitrogens is 1. The molecule has 0 aliphatic carbocycles. The van der Waals surface area contributed by atoms with Crippen molar-refractivity contribution in [3.63, 3.8) is 0 Å². The molecule has 0 aliphatic rings. The summed E-state index contributed by atoms with van der Waals surface area (Å²) in [4.78, 5) is 4.56. The summed E-state index contributed by atoms with van der Waals surface area (Å²) in [6.45, 7) is 2.29. The second kappa shape index (κ2) is 7.99. The Hall–Kier alpha value is -2.22. The van der Waals surface area contributed by atoms with Gasteiger partial charge >= 0.3 is 0 Å². The standard InChI is InChI=1S/C19H20N2O3S2/c1-15-11-18(24-2)6-7-19(15)26(22,23)21(12-16-8-10-25-14-16)13-17-5-3-4-9-20-17/h3-11,14H,12-13H2,1-2H3. The van der Waals surface area contributed by atoms with Crippen molar-refractivity contribution in [2.45, 2.75) is 24.9 Å². The maximum atomic E-state index is 13.3. The van der Waals surface area contributed by atoms with Gasteiger partial charge < -0.3 is 4.74 Å². The number of methoxy groups -OCH3 is 1. The summed E-state index contributed by atoms with van der Waals surface area (Å²) in [5.41, 5.74) is 2.32. The summed E-state index contributed by atoms with van der Waals surface area (Å²) in [5, 5.41) is 3.90. The van der Waals surface area contributed by atoms with Crippen LogP contribution < -0.4 is 4.74 Å². The lowest BCUT2D eigenvalue weighted by molar-refractivity contribution is 0.396. The van der Waals surface area contributed by atoms with E-state index in [9.17, 15) is 8.42 Å². The van der Waals surface area contributed by atoms with E-state index in [0.29, 0.717) is 23.6 Å². The van der Waals surface area contributed by atoms with Crippen LogP contribution in [0.3, 0.4) is 0 Å². The van der Waals surface area contributed by atoms with Crippen LogP contribution in [0.4, 0.5) is 0 Å². The number of sulfonamides is 1. The Morgan fingerprint density at radius 2 is 2.00 bits per heavy atom. The molecule has 26 heavy (non-hydrogen) atoms. The number of pyridine rings is 1. The summed E-state index contributed by atoms with van der Waals surface area (Å²) in [7, 11) is -2.13.